The number of rotatable bonds is 5. The van der Waals surface area contributed by atoms with Gasteiger partial charge in [-0.1, -0.05) is 18.6 Å². The number of amides is 1. The van der Waals surface area contributed by atoms with Gasteiger partial charge in [0.2, 0.25) is 15.9 Å². The van der Waals surface area contributed by atoms with E-state index >= 15 is 0 Å². The van der Waals surface area contributed by atoms with E-state index in [4.69, 9.17) is 4.74 Å². The maximum atomic E-state index is 13.2. The first-order chi connectivity index (χ1) is 14.6. The van der Waals surface area contributed by atoms with Crippen LogP contribution in [0.4, 0.5) is 11.4 Å². The monoisotopic (exact) mass is 433 g/mol. The molecule has 1 N–H and O–H groups in total. The molecule has 0 aromatic heterocycles. The summed E-state index contributed by atoms with van der Waals surface area (Å²) < 4.78 is 33.4. The Hall–Kier alpha value is -1.90. The van der Waals surface area contributed by atoms with Crippen LogP contribution in [-0.2, 0) is 19.6 Å². The Labute approximate surface area is 179 Å². The molecule has 1 atom stereocenters. The standard InChI is InChI=1S/C22H31N3O4S/c26-22(18-7-3-1-4-8-18)23-20-17-19(30(27,28)25-11-5-2-6-12-25)9-10-21(20)24-13-15-29-16-14-24/h1,3,9-10,17-18H,2,4-8,11-16H2,(H,23,26)/t18-/m1/s1. The van der Waals surface area contributed by atoms with Gasteiger partial charge in [-0.2, -0.15) is 4.31 Å². The first kappa shape index (κ1) is 21.3. The molecule has 164 valence electrons. The van der Waals surface area contributed by atoms with E-state index in [1.54, 1.807) is 16.4 Å². The predicted molar refractivity (Wildman–Crippen MR) is 117 cm³/mol. The summed E-state index contributed by atoms with van der Waals surface area (Å²) in [5.74, 6) is -0.115. The molecule has 0 unspecified atom stereocenters. The van der Waals surface area contributed by atoms with Gasteiger partial charge in [0, 0.05) is 32.1 Å². The Kier molecular flexibility index (Phi) is 6.75. The second-order valence-electron chi connectivity index (χ2n) is 8.21. The maximum Gasteiger partial charge on any atom is 0.243 e. The lowest BCUT2D eigenvalue weighted by atomic mass is 9.93. The minimum absolute atomic E-state index is 0.0404. The Bertz CT molecular complexity index is 888. The first-order valence-corrected chi connectivity index (χ1v) is 12.4. The molecule has 1 aromatic carbocycles. The van der Waals surface area contributed by atoms with Gasteiger partial charge in [-0.3, -0.25) is 4.79 Å². The van der Waals surface area contributed by atoms with Gasteiger partial charge >= 0.3 is 0 Å². The number of morpholine rings is 1. The van der Waals surface area contributed by atoms with Crippen molar-refractivity contribution in [3.8, 4) is 0 Å². The Balaban J connectivity index is 1.63. The number of hydrogen-bond acceptors (Lipinski definition) is 5. The third-order valence-corrected chi connectivity index (χ3v) is 8.06. The molecule has 3 aliphatic rings. The van der Waals surface area contributed by atoms with Crippen LogP contribution >= 0.6 is 0 Å². The lowest BCUT2D eigenvalue weighted by Crippen LogP contribution is -2.37. The van der Waals surface area contributed by atoms with E-state index in [2.05, 4.69) is 16.3 Å². The summed E-state index contributed by atoms with van der Waals surface area (Å²) in [5.41, 5.74) is 1.44. The minimum atomic E-state index is -3.57. The smallest absolute Gasteiger partial charge is 0.243 e. The number of ether oxygens (including phenoxy) is 1. The number of benzene rings is 1. The van der Waals surface area contributed by atoms with Gasteiger partial charge in [0.05, 0.1) is 29.5 Å². The zero-order valence-electron chi connectivity index (χ0n) is 17.4. The van der Waals surface area contributed by atoms with Crippen LogP contribution < -0.4 is 10.2 Å². The van der Waals surface area contributed by atoms with E-state index < -0.39 is 10.0 Å². The highest BCUT2D eigenvalue weighted by molar-refractivity contribution is 7.89. The van der Waals surface area contributed by atoms with Crippen LogP contribution in [0, 0.1) is 5.92 Å². The summed E-state index contributed by atoms with van der Waals surface area (Å²) in [6.07, 6.45) is 9.46. The van der Waals surface area contributed by atoms with E-state index in [0.29, 0.717) is 45.1 Å². The average Bonchev–Trinajstić information content (AvgIpc) is 2.81. The Morgan fingerprint density at radius 3 is 2.50 bits per heavy atom. The molecule has 2 aliphatic heterocycles. The molecule has 1 aliphatic carbocycles. The second-order valence-corrected chi connectivity index (χ2v) is 10.2. The lowest BCUT2D eigenvalue weighted by molar-refractivity contribution is -0.120. The van der Waals surface area contributed by atoms with Crippen molar-refractivity contribution in [1.29, 1.82) is 0 Å². The summed E-state index contributed by atoms with van der Waals surface area (Å²) in [4.78, 5) is 15.3. The van der Waals surface area contributed by atoms with Gasteiger partial charge in [-0.25, -0.2) is 8.42 Å². The molecule has 2 fully saturated rings. The number of carbonyl (C=O) groups is 1. The van der Waals surface area contributed by atoms with E-state index in [1.807, 2.05) is 12.1 Å². The molecule has 0 spiro atoms. The van der Waals surface area contributed by atoms with Crippen molar-refractivity contribution in [2.75, 3.05) is 49.6 Å². The van der Waals surface area contributed by atoms with Crippen LogP contribution in [-0.4, -0.2) is 58.0 Å². The molecule has 1 aromatic rings. The number of piperidine rings is 1. The fraction of sp³-hybridized carbons (Fsp3) is 0.591. The molecule has 1 amide bonds. The highest BCUT2D eigenvalue weighted by Gasteiger charge is 2.28. The summed E-state index contributed by atoms with van der Waals surface area (Å²) >= 11 is 0. The van der Waals surface area contributed by atoms with Crippen LogP contribution in [0.5, 0.6) is 0 Å². The van der Waals surface area contributed by atoms with Crippen molar-refractivity contribution in [3.05, 3.63) is 30.4 Å². The zero-order chi connectivity index (χ0) is 21.0. The van der Waals surface area contributed by atoms with Gasteiger partial charge < -0.3 is 15.0 Å². The van der Waals surface area contributed by atoms with Crippen molar-refractivity contribution in [3.63, 3.8) is 0 Å². The van der Waals surface area contributed by atoms with Crippen LogP contribution in [0.25, 0.3) is 0 Å². The van der Waals surface area contributed by atoms with E-state index in [0.717, 1.165) is 44.2 Å². The largest absolute Gasteiger partial charge is 0.378 e. The van der Waals surface area contributed by atoms with Crippen molar-refractivity contribution < 1.29 is 17.9 Å². The molecular weight excluding hydrogens is 402 g/mol. The van der Waals surface area contributed by atoms with E-state index in [9.17, 15) is 13.2 Å². The fourth-order valence-corrected chi connectivity index (χ4v) is 5.92. The number of allylic oxidation sites excluding steroid dienone is 2. The molecule has 8 heteroatoms. The molecule has 0 radical (unpaired) electrons. The van der Waals surface area contributed by atoms with Crippen LogP contribution in [0.15, 0.2) is 35.2 Å². The highest BCUT2D eigenvalue weighted by Crippen LogP contribution is 2.32. The van der Waals surface area contributed by atoms with Gasteiger partial charge in [0.15, 0.2) is 0 Å². The molecule has 30 heavy (non-hydrogen) atoms. The van der Waals surface area contributed by atoms with Crippen LogP contribution in [0.3, 0.4) is 0 Å². The van der Waals surface area contributed by atoms with E-state index in [1.165, 1.54) is 0 Å². The molecular formula is C22H31N3O4S. The van der Waals surface area contributed by atoms with Crippen molar-refractivity contribution in [1.82, 2.24) is 4.31 Å². The summed E-state index contributed by atoms with van der Waals surface area (Å²) in [6, 6.07) is 5.15. The third kappa shape index (κ3) is 4.71. The number of anilines is 2. The lowest BCUT2D eigenvalue weighted by Gasteiger charge is -2.32. The van der Waals surface area contributed by atoms with Gasteiger partial charge in [-0.15, -0.1) is 0 Å². The summed E-state index contributed by atoms with van der Waals surface area (Å²) in [5, 5.41) is 3.05. The van der Waals surface area contributed by atoms with Gasteiger partial charge in [-0.05, 0) is 50.3 Å². The Morgan fingerprint density at radius 1 is 1.03 bits per heavy atom. The number of carbonyl (C=O) groups excluding carboxylic acids is 1. The fourth-order valence-electron chi connectivity index (χ4n) is 4.38. The maximum absolute atomic E-state index is 13.2. The Morgan fingerprint density at radius 2 is 1.80 bits per heavy atom. The molecule has 7 nitrogen and oxygen atoms in total. The normalized spacial score (nSPS) is 23.3. The molecule has 4 rings (SSSR count). The number of nitrogens with one attached hydrogen (secondary N) is 1. The predicted octanol–water partition coefficient (Wildman–Crippen LogP) is 2.99. The first-order valence-electron chi connectivity index (χ1n) is 11.0. The molecule has 2 heterocycles. The topological polar surface area (TPSA) is 79.0 Å². The molecule has 0 bridgehead atoms. The zero-order valence-corrected chi connectivity index (χ0v) is 18.2. The van der Waals surface area contributed by atoms with Gasteiger partial charge in [0.25, 0.3) is 0 Å². The van der Waals surface area contributed by atoms with E-state index in [-0.39, 0.29) is 16.7 Å². The minimum Gasteiger partial charge on any atom is -0.378 e. The summed E-state index contributed by atoms with van der Waals surface area (Å²) in [7, 11) is -3.57. The summed E-state index contributed by atoms with van der Waals surface area (Å²) in [6.45, 7) is 3.79. The van der Waals surface area contributed by atoms with Crippen molar-refractivity contribution >= 4 is 27.3 Å². The van der Waals surface area contributed by atoms with Crippen molar-refractivity contribution in [2.45, 2.75) is 43.4 Å². The number of hydrogen-bond donors (Lipinski definition) is 1. The highest BCUT2D eigenvalue weighted by atomic mass is 32.2. The van der Waals surface area contributed by atoms with Crippen LogP contribution in [0.1, 0.15) is 38.5 Å². The SMILES string of the molecule is O=C(Nc1cc(S(=O)(=O)N2CCCCC2)ccc1N1CCOCC1)[C@@H]1CC=CCC1. The second kappa shape index (κ2) is 9.49. The molecule has 0 saturated carbocycles. The quantitative estimate of drug-likeness (QED) is 0.722. The third-order valence-electron chi connectivity index (χ3n) is 6.17. The average molecular weight is 434 g/mol. The number of sulfonamides is 1. The van der Waals surface area contributed by atoms with Crippen LogP contribution in [0.2, 0.25) is 0 Å². The van der Waals surface area contributed by atoms with Crippen molar-refractivity contribution in [2.24, 2.45) is 5.92 Å². The number of nitrogens with zero attached hydrogens (tertiary/aromatic N) is 2. The van der Waals surface area contributed by atoms with Gasteiger partial charge in [0.1, 0.15) is 0 Å². The molecule has 2 saturated heterocycles.